The number of pyridine rings is 1. The predicted octanol–water partition coefficient (Wildman–Crippen LogP) is 4.06. The maximum absolute atomic E-state index is 5.46. The standard InChI is InChI=1S/C21H32N6O.HI/c1-4-17(5-2)19-12-18(28-26-19)15-25-21(22-3)24-14-16-8-9-20(23-13-16)27-10-6-7-11-27;/h8-9,12-13,17H,4-7,10-11,14-15H2,1-3H3,(H2,22,24,25);1H. The van der Waals surface area contributed by atoms with E-state index in [-0.39, 0.29) is 24.0 Å². The summed E-state index contributed by atoms with van der Waals surface area (Å²) in [5.74, 6) is 3.08. The molecule has 1 fully saturated rings. The minimum Gasteiger partial charge on any atom is -0.359 e. The zero-order valence-corrected chi connectivity index (χ0v) is 20.0. The van der Waals surface area contributed by atoms with E-state index in [1.54, 1.807) is 7.05 Å². The molecule has 0 aliphatic carbocycles. The Hall–Kier alpha value is -1.84. The average molecular weight is 512 g/mol. The van der Waals surface area contributed by atoms with Crippen LogP contribution >= 0.6 is 24.0 Å². The van der Waals surface area contributed by atoms with Gasteiger partial charge in [0.15, 0.2) is 11.7 Å². The Morgan fingerprint density at radius 3 is 2.52 bits per heavy atom. The fraction of sp³-hybridized carbons (Fsp3) is 0.571. The van der Waals surface area contributed by atoms with Gasteiger partial charge < -0.3 is 20.1 Å². The molecule has 0 radical (unpaired) electrons. The van der Waals surface area contributed by atoms with E-state index in [2.05, 4.69) is 56.6 Å². The van der Waals surface area contributed by atoms with Gasteiger partial charge >= 0.3 is 0 Å². The van der Waals surface area contributed by atoms with Crippen LogP contribution in [0.4, 0.5) is 5.82 Å². The lowest BCUT2D eigenvalue weighted by atomic mass is 9.99. The van der Waals surface area contributed by atoms with Crippen molar-refractivity contribution in [3.05, 3.63) is 41.4 Å². The van der Waals surface area contributed by atoms with Gasteiger partial charge in [-0.2, -0.15) is 0 Å². The van der Waals surface area contributed by atoms with Crippen molar-refractivity contribution in [3.8, 4) is 0 Å². The number of nitrogens with one attached hydrogen (secondary N) is 2. The van der Waals surface area contributed by atoms with Crippen molar-refractivity contribution in [2.75, 3.05) is 25.0 Å². The highest BCUT2D eigenvalue weighted by Gasteiger charge is 2.14. The third kappa shape index (κ3) is 6.58. The first-order valence-electron chi connectivity index (χ1n) is 10.3. The Balaban J connectivity index is 0.00000300. The predicted molar refractivity (Wildman–Crippen MR) is 128 cm³/mol. The topological polar surface area (TPSA) is 78.6 Å². The quantitative estimate of drug-likeness (QED) is 0.316. The summed E-state index contributed by atoms with van der Waals surface area (Å²) in [4.78, 5) is 11.2. The van der Waals surface area contributed by atoms with Crippen molar-refractivity contribution in [2.24, 2.45) is 4.99 Å². The molecule has 3 heterocycles. The molecular weight excluding hydrogens is 479 g/mol. The van der Waals surface area contributed by atoms with Gasteiger partial charge in [-0.3, -0.25) is 4.99 Å². The van der Waals surface area contributed by atoms with E-state index in [1.165, 1.54) is 12.8 Å². The van der Waals surface area contributed by atoms with Gasteiger partial charge in [-0.15, -0.1) is 24.0 Å². The van der Waals surface area contributed by atoms with Crippen molar-refractivity contribution in [1.82, 2.24) is 20.8 Å². The summed E-state index contributed by atoms with van der Waals surface area (Å²) in [6.07, 6.45) is 6.61. The SMILES string of the molecule is CCC(CC)c1cc(CNC(=NC)NCc2ccc(N3CCCC3)nc2)on1.I. The van der Waals surface area contributed by atoms with Crippen LogP contribution in [-0.2, 0) is 13.1 Å². The van der Waals surface area contributed by atoms with Gasteiger partial charge in [0.25, 0.3) is 0 Å². The Morgan fingerprint density at radius 1 is 1.17 bits per heavy atom. The molecule has 160 valence electrons. The van der Waals surface area contributed by atoms with Gasteiger partial charge in [0.2, 0.25) is 0 Å². The fourth-order valence-electron chi connectivity index (χ4n) is 3.54. The summed E-state index contributed by atoms with van der Waals surface area (Å²) in [7, 11) is 1.76. The van der Waals surface area contributed by atoms with Crippen LogP contribution in [0.2, 0.25) is 0 Å². The molecule has 1 aliphatic rings. The molecule has 0 amide bonds. The molecule has 3 rings (SSSR count). The molecule has 0 bridgehead atoms. The molecule has 2 aromatic heterocycles. The lowest BCUT2D eigenvalue weighted by Crippen LogP contribution is -2.36. The van der Waals surface area contributed by atoms with Crippen LogP contribution in [0, 0.1) is 0 Å². The molecule has 8 heteroatoms. The van der Waals surface area contributed by atoms with E-state index >= 15 is 0 Å². The van der Waals surface area contributed by atoms with E-state index < -0.39 is 0 Å². The van der Waals surface area contributed by atoms with E-state index in [9.17, 15) is 0 Å². The normalized spacial score (nSPS) is 14.2. The number of hydrogen-bond acceptors (Lipinski definition) is 5. The third-order valence-electron chi connectivity index (χ3n) is 5.33. The Labute approximate surface area is 190 Å². The van der Waals surface area contributed by atoms with E-state index in [4.69, 9.17) is 4.52 Å². The second kappa shape index (κ2) is 12.0. The third-order valence-corrected chi connectivity index (χ3v) is 5.33. The molecule has 0 aromatic carbocycles. The first kappa shape index (κ1) is 23.4. The van der Waals surface area contributed by atoms with Gasteiger partial charge in [-0.25, -0.2) is 4.98 Å². The summed E-state index contributed by atoms with van der Waals surface area (Å²) in [5.41, 5.74) is 2.16. The van der Waals surface area contributed by atoms with Crippen LogP contribution in [0.1, 0.15) is 62.5 Å². The maximum Gasteiger partial charge on any atom is 0.191 e. The molecule has 29 heavy (non-hydrogen) atoms. The van der Waals surface area contributed by atoms with Gasteiger partial charge in [-0.05, 0) is 37.3 Å². The van der Waals surface area contributed by atoms with Gasteiger partial charge in [-0.1, -0.05) is 25.1 Å². The minimum absolute atomic E-state index is 0. The van der Waals surface area contributed by atoms with Crippen LogP contribution in [0.5, 0.6) is 0 Å². The largest absolute Gasteiger partial charge is 0.359 e. The van der Waals surface area contributed by atoms with Gasteiger partial charge in [0, 0.05) is 44.9 Å². The van der Waals surface area contributed by atoms with Crippen molar-refractivity contribution in [2.45, 2.75) is 58.5 Å². The Morgan fingerprint density at radius 2 is 1.90 bits per heavy atom. The second-order valence-electron chi connectivity index (χ2n) is 7.23. The fourth-order valence-corrected chi connectivity index (χ4v) is 3.54. The minimum atomic E-state index is 0. The van der Waals surface area contributed by atoms with Crippen molar-refractivity contribution in [1.29, 1.82) is 0 Å². The van der Waals surface area contributed by atoms with Gasteiger partial charge in [0.1, 0.15) is 5.82 Å². The first-order valence-corrected chi connectivity index (χ1v) is 10.3. The zero-order chi connectivity index (χ0) is 19.8. The highest BCUT2D eigenvalue weighted by molar-refractivity contribution is 14.0. The highest BCUT2D eigenvalue weighted by Crippen LogP contribution is 2.22. The average Bonchev–Trinajstić information content (AvgIpc) is 3.42. The van der Waals surface area contributed by atoms with E-state index in [1.807, 2.05) is 12.3 Å². The number of guanidine groups is 1. The molecule has 2 aromatic rings. The number of aromatic nitrogens is 2. The van der Waals surface area contributed by atoms with Crippen LogP contribution in [-0.4, -0.2) is 36.2 Å². The maximum atomic E-state index is 5.46. The van der Waals surface area contributed by atoms with E-state index in [0.717, 1.165) is 54.7 Å². The molecule has 0 saturated carbocycles. The molecule has 1 saturated heterocycles. The van der Waals surface area contributed by atoms with Crippen LogP contribution in [0.25, 0.3) is 0 Å². The van der Waals surface area contributed by atoms with Crippen molar-refractivity contribution in [3.63, 3.8) is 0 Å². The zero-order valence-electron chi connectivity index (χ0n) is 17.6. The molecule has 7 nitrogen and oxygen atoms in total. The van der Waals surface area contributed by atoms with Gasteiger partial charge in [0.05, 0.1) is 12.2 Å². The number of nitrogens with zero attached hydrogens (tertiary/aromatic N) is 4. The number of rotatable bonds is 8. The lowest BCUT2D eigenvalue weighted by molar-refractivity contribution is 0.368. The molecule has 0 spiro atoms. The molecule has 1 aliphatic heterocycles. The van der Waals surface area contributed by atoms with Crippen molar-refractivity contribution < 1.29 is 4.52 Å². The molecule has 2 N–H and O–H groups in total. The number of aliphatic imine (C=N–C) groups is 1. The van der Waals surface area contributed by atoms with Crippen LogP contribution in [0.15, 0.2) is 33.9 Å². The second-order valence-corrected chi connectivity index (χ2v) is 7.23. The Kier molecular flexibility index (Phi) is 9.69. The number of halogens is 1. The number of anilines is 1. The summed E-state index contributed by atoms with van der Waals surface area (Å²) in [5, 5.41) is 10.8. The molecular formula is C21H33IN6O. The van der Waals surface area contributed by atoms with Crippen LogP contribution in [0.3, 0.4) is 0 Å². The summed E-state index contributed by atoms with van der Waals surface area (Å²) in [6.45, 7) is 7.81. The highest BCUT2D eigenvalue weighted by atomic mass is 127. The smallest absolute Gasteiger partial charge is 0.191 e. The Bertz CT molecular complexity index is 751. The summed E-state index contributed by atoms with van der Waals surface area (Å²) >= 11 is 0. The summed E-state index contributed by atoms with van der Waals surface area (Å²) < 4.78 is 5.46. The lowest BCUT2D eigenvalue weighted by Gasteiger charge is -2.16. The van der Waals surface area contributed by atoms with E-state index in [0.29, 0.717) is 19.0 Å². The number of hydrogen-bond donors (Lipinski definition) is 2. The van der Waals surface area contributed by atoms with Crippen LogP contribution < -0.4 is 15.5 Å². The summed E-state index contributed by atoms with van der Waals surface area (Å²) in [6, 6.07) is 6.27. The molecule has 0 atom stereocenters. The molecule has 0 unspecified atom stereocenters. The first-order chi connectivity index (χ1) is 13.7. The van der Waals surface area contributed by atoms with Crippen molar-refractivity contribution >= 4 is 35.8 Å². The monoisotopic (exact) mass is 512 g/mol.